The fraction of sp³-hybridized carbons (Fsp3) is 0.633. The van der Waals surface area contributed by atoms with E-state index in [0.717, 1.165) is 5.56 Å². The SMILES string of the molecule is CC(=O)OC(C)(C)/C=C/C(=O)[C@](C)(O)C1[C@H](O)C[C@H]2[C@@H]3CCc4c(cc(O)c(O)c4C)[C@@]3(C)C(=O)C[C@]12C. The van der Waals surface area contributed by atoms with Crippen molar-refractivity contribution < 1.29 is 39.5 Å². The van der Waals surface area contributed by atoms with Gasteiger partial charge < -0.3 is 25.2 Å². The highest BCUT2D eigenvalue weighted by Crippen LogP contribution is 2.66. The zero-order chi connectivity index (χ0) is 28.6. The van der Waals surface area contributed by atoms with Gasteiger partial charge in [-0.25, -0.2) is 0 Å². The Balaban J connectivity index is 1.71. The number of ether oxygens (including phenoxy) is 1. The number of fused-ring (bicyclic) bond motifs is 5. The summed E-state index contributed by atoms with van der Waals surface area (Å²) in [6, 6.07) is 1.50. The molecule has 0 spiro atoms. The molecule has 7 atom stereocenters. The molecule has 1 unspecified atom stereocenters. The van der Waals surface area contributed by atoms with Gasteiger partial charge >= 0.3 is 5.97 Å². The van der Waals surface area contributed by atoms with Gasteiger partial charge in [-0.05, 0) is 106 Å². The van der Waals surface area contributed by atoms with Crippen LogP contribution in [0.5, 0.6) is 11.5 Å². The van der Waals surface area contributed by atoms with Crippen molar-refractivity contribution in [3.63, 3.8) is 0 Å². The second kappa shape index (κ2) is 8.91. The lowest BCUT2D eigenvalue weighted by Crippen LogP contribution is -2.60. The summed E-state index contributed by atoms with van der Waals surface area (Å²) < 4.78 is 5.20. The minimum absolute atomic E-state index is 0.0542. The summed E-state index contributed by atoms with van der Waals surface area (Å²) in [4.78, 5) is 38.7. The molecule has 0 heterocycles. The zero-order valence-corrected chi connectivity index (χ0v) is 23.3. The number of Topliss-reactive ketones (excluding diaryl/α,β-unsaturated/α-hetero) is 1. The van der Waals surface area contributed by atoms with Gasteiger partial charge in [-0.2, -0.15) is 0 Å². The predicted molar refractivity (Wildman–Crippen MR) is 140 cm³/mol. The fourth-order valence-corrected chi connectivity index (χ4v) is 8.11. The third kappa shape index (κ3) is 4.08. The van der Waals surface area contributed by atoms with Crippen molar-refractivity contribution in [2.45, 2.75) is 96.9 Å². The van der Waals surface area contributed by atoms with Crippen molar-refractivity contribution in [1.82, 2.24) is 0 Å². The second-order valence-corrected chi connectivity index (χ2v) is 12.8. The van der Waals surface area contributed by atoms with E-state index in [1.807, 2.05) is 13.8 Å². The maximum atomic E-state index is 14.0. The minimum atomic E-state index is -1.97. The summed E-state index contributed by atoms with van der Waals surface area (Å²) >= 11 is 0. The molecule has 2 saturated carbocycles. The number of aliphatic hydroxyl groups excluding tert-OH is 1. The lowest BCUT2D eigenvalue weighted by Gasteiger charge is -2.56. The number of aliphatic hydroxyl groups is 2. The van der Waals surface area contributed by atoms with E-state index in [-0.39, 0.29) is 35.5 Å². The number of phenolic OH excluding ortho intramolecular Hbond substituents is 2. The monoisotopic (exact) mass is 528 g/mol. The third-order valence-corrected chi connectivity index (χ3v) is 9.85. The lowest BCUT2D eigenvalue weighted by atomic mass is 9.46. The summed E-state index contributed by atoms with van der Waals surface area (Å²) in [6.45, 7) is 11.4. The van der Waals surface area contributed by atoms with Crippen LogP contribution in [0.15, 0.2) is 18.2 Å². The van der Waals surface area contributed by atoms with Crippen LogP contribution in [-0.4, -0.2) is 55.3 Å². The first-order valence-electron chi connectivity index (χ1n) is 13.3. The van der Waals surface area contributed by atoms with Crippen molar-refractivity contribution in [1.29, 1.82) is 0 Å². The Kier molecular flexibility index (Phi) is 6.64. The normalized spacial score (nSPS) is 34.3. The Hall–Kier alpha value is -2.71. The van der Waals surface area contributed by atoms with Gasteiger partial charge in [0.2, 0.25) is 0 Å². The fourth-order valence-electron chi connectivity index (χ4n) is 8.11. The molecule has 0 saturated heterocycles. The Bertz CT molecular complexity index is 1230. The predicted octanol–water partition coefficient (Wildman–Crippen LogP) is 3.42. The first-order chi connectivity index (χ1) is 17.4. The van der Waals surface area contributed by atoms with Gasteiger partial charge in [-0.15, -0.1) is 0 Å². The number of benzene rings is 1. The highest BCUT2D eigenvalue weighted by atomic mass is 16.6. The molecule has 0 aliphatic heterocycles. The topological polar surface area (TPSA) is 141 Å². The molecule has 0 radical (unpaired) electrons. The number of rotatable bonds is 5. The van der Waals surface area contributed by atoms with Crippen LogP contribution in [0.4, 0.5) is 0 Å². The number of esters is 1. The van der Waals surface area contributed by atoms with Crippen molar-refractivity contribution in [2.75, 3.05) is 0 Å². The van der Waals surface area contributed by atoms with E-state index in [1.165, 1.54) is 32.1 Å². The number of ketones is 2. The van der Waals surface area contributed by atoms with Crippen molar-refractivity contribution in [3.8, 4) is 11.5 Å². The molecule has 8 heteroatoms. The van der Waals surface area contributed by atoms with Gasteiger partial charge in [0.1, 0.15) is 17.0 Å². The largest absolute Gasteiger partial charge is 0.504 e. The van der Waals surface area contributed by atoms with Crippen LogP contribution in [0.25, 0.3) is 0 Å². The minimum Gasteiger partial charge on any atom is -0.504 e. The molecule has 3 aliphatic carbocycles. The molecular formula is C30H40O8. The van der Waals surface area contributed by atoms with E-state index in [4.69, 9.17) is 4.74 Å². The zero-order valence-electron chi connectivity index (χ0n) is 23.3. The number of hydrogen-bond acceptors (Lipinski definition) is 8. The van der Waals surface area contributed by atoms with E-state index in [1.54, 1.807) is 20.8 Å². The van der Waals surface area contributed by atoms with Gasteiger partial charge in [0.15, 0.2) is 17.3 Å². The molecule has 8 nitrogen and oxygen atoms in total. The van der Waals surface area contributed by atoms with Gasteiger partial charge in [-0.1, -0.05) is 6.92 Å². The summed E-state index contributed by atoms with van der Waals surface area (Å²) in [5.74, 6) is -2.85. The summed E-state index contributed by atoms with van der Waals surface area (Å²) in [5.41, 5.74) is -2.64. The lowest BCUT2D eigenvalue weighted by molar-refractivity contribution is -0.158. The van der Waals surface area contributed by atoms with E-state index in [9.17, 15) is 34.8 Å². The molecule has 38 heavy (non-hydrogen) atoms. The molecule has 4 N–H and O–H groups in total. The highest BCUT2D eigenvalue weighted by molar-refractivity contribution is 5.98. The maximum Gasteiger partial charge on any atom is 0.303 e. The summed E-state index contributed by atoms with van der Waals surface area (Å²) in [7, 11) is 0. The standard InChI is InChI=1S/C30H40O8/c1-15-17-8-9-18-20-13-22(33)26(30(7,37)23(34)10-11-27(3,4)38-16(2)31)28(20,5)14-24(35)29(18,6)19(17)12-21(32)25(15)36/h10-12,18,20,22,26,32-33,36-37H,8-9,13-14H2,1-7H3/b11-10+/t18-,20-,22+,26?,28-,29-,30-/m0/s1. The molecule has 3 aliphatic rings. The van der Waals surface area contributed by atoms with E-state index >= 15 is 0 Å². The molecular weight excluding hydrogens is 488 g/mol. The molecule has 208 valence electrons. The number of hydrogen-bond donors (Lipinski definition) is 4. The van der Waals surface area contributed by atoms with Crippen LogP contribution < -0.4 is 0 Å². The van der Waals surface area contributed by atoms with Gasteiger partial charge in [0.25, 0.3) is 0 Å². The molecule has 0 amide bonds. The second-order valence-electron chi connectivity index (χ2n) is 12.8. The van der Waals surface area contributed by atoms with Crippen LogP contribution in [-0.2, 0) is 31.0 Å². The summed E-state index contributed by atoms with van der Waals surface area (Å²) in [5, 5.41) is 43.6. The number of carbonyl (C=O) groups is 3. The van der Waals surface area contributed by atoms with E-state index < -0.39 is 45.8 Å². The van der Waals surface area contributed by atoms with Gasteiger partial charge in [0.05, 0.1) is 11.5 Å². The Morgan fingerprint density at radius 2 is 1.79 bits per heavy atom. The van der Waals surface area contributed by atoms with Crippen LogP contribution in [0.1, 0.15) is 77.5 Å². The number of aromatic hydroxyl groups is 2. The van der Waals surface area contributed by atoms with E-state index in [0.29, 0.717) is 30.4 Å². The van der Waals surface area contributed by atoms with Gasteiger partial charge in [-0.3, -0.25) is 14.4 Å². The highest BCUT2D eigenvalue weighted by Gasteiger charge is 2.68. The van der Waals surface area contributed by atoms with Crippen molar-refractivity contribution in [3.05, 3.63) is 34.9 Å². The first-order valence-corrected chi connectivity index (χ1v) is 13.3. The van der Waals surface area contributed by atoms with Crippen LogP contribution >= 0.6 is 0 Å². The van der Waals surface area contributed by atoms with Crippen LogP contribution in [0.2, 0.25) is 0 Å². The molecule has 0 aromatic heterocycles. The average Bonchev–Trinajstić information content (AvgIpc) is 3.05. The van der Waals surface area contributed by atoms with Gasteiger partial charge in [0, 0.05) is 19.3 Å². The Morgan fingerprint density at radius 3 is 2.39 bits per heavy atom. The molecule has 0 bridgehead atoms. The first kappa shape index (κ1) is 28.3. The number of phenols is 2. The van der Waals surface area contributed by atoms with Crippen molar-refractivity contribution >= 4 is 17.5 Å². The Labute approximate surface area is 223 Å². The van der Waals surface area contributed by atoms with Crippen molar-refractivity contribution in [2.24, 2.45) is 23.2 Å². The van der Waals surface area contributed by atoms with E-state index in [2.05, 4.69) is 0 Å². The van der Waals surface area contributed by atoms with Crippen LogP contribution in [0, 0.1) is 30.1 Å². The van der Waals surface area contributed by atoms with Crippen LogP contribution in [0.3, 0.4) is 0 Å². The summed E-state index contributed by atoms with van der Waals surface area (Å²) in [6.07, 6.45) is 3.24. The third-order valence-electron chi connectivity index (χ3n) is 9.85. The smallest absolute Gasteiger partial charge is 0.303 e. The molecule has 2 fully saturated rings. The average molecular weight is 529 g/mol. The molecule has 4 rings (SSSR count). The quantitative estimate of drug-likeness (QED) is 0.259. The number of carbonyl (C=O) groups excluding carboxylic acids is 3. The maximum absolute atomic E-state index is 14.0. The Morgan fingerprint density at radius 1 is 1.16 bits per heavy atom. The molecule has 1 aromatic rings. The molecule has 1 aromatic carbocycles.